The van der Waals surface area contributed by atoms with Gasteiger partial charge in [0.25, 0.3) is 15.9 Å². The second-order valence-corrected chi connectivity index (χ2v) is 7.37. The second kappa shape index (κ2) is 6.43. The van der Waals surface area contributed by atoms with Crippen LogP contribution in [0.3, 0.4) is 0 Å². The van der Waals surface area contributed by atoms with Crippen LogP contribution >= 0.6 is 0 Å². The summed E-state index contributed by atoms with van der Waals surface area (Å²) < 4.78 is 25.9. The van der Waals surface area contributed by atoms with Gasteiger partial charge in [-0.3, -0.25) is 10.0 Å². The number of pyridine rings is 1. The Kier molecular flexibility index (Phi) is 4.46. The summed E-state index contributed by atoms with van der Waals surface area (Å²) in [5.41, 5.74) is 0.684. The van der Waals surface area contributed by atoms with Gasteiger partial charge in [0.15, 0.2) is 5.03 Å². The molecule has 0 radical (unpaired) electrons. The number of carbonyl (C=O) groups is 1. The predicted molar refractivity (Wildman–Crippen MR) is 90.9 cm³/mol. The van der Waals surface area contributed by atoms with Crippen LogP contribution in [-0.2, 0) is 16.4 Å². The van der Waals surface area contributed by atoms with E-state index in [-0.39, 0.29) is 16.9 Å². The lowest BCUT2D eigenvalue weighted by molar-refractivity contribution is 0.101. The van der Waals surface area contributed by atoms with Crippen LogP contribution in [0.15, 0.2) is 41.6 Å². The van der Waals surface area contributed by atoms with Crippen molar-refractivity contribution < 1.29 is 18.4 Å². The van der Waals surface area contributed by atoms with Crippen LogP contribution in [0.5, 0.6) is 0 Å². The van der Waals surface area contributed by atoms with Gasteiger partial charge in [0.05, 0.1) is 23.1 Å². The SMILES string of the molecule is CCCCc1ccc(N2C(=O)c3cc(N([O-])O)cnc3S2(=O)=O)cc1. The lowest BCUT2D eigenvalue weighted by Gasteiger charge is -2.20. The van der Waals surface area contributed by atoms with Gasteiger partial charge in [0.2, 0.25) is 0 Å². The molecular weight excluding hydrogens is 346 g/mol. The van der Waals surface area contributed by atoms with Crippen molar-refractivity contribution in [3.63, 3.8) is 0 Å². The minimum Gasteiger partial charge on any atom is -0.733 e. The number of benzene rings is 1. The molecule has 1 aliphatic heterocycles. The molecule has 0 spiro atoms. The average molecular weight is 362 g/mol. The highest BCUT2D eigenvalue weighted by atomic mass is 32.2. The smallest absolute Gasteiger partial charge is 0.289 e. The molecule has 0 unspecified atom stereocenters. The summed E-state index contributed by atoms with van der Waals surface area (Å²) in [6.45, 7) is 2.08. The molecule has 132 valence electrons. The van der Waals surface area contributed by atoms with Gasteiger partial charge >= 0.3 is 0 Å². The lowest BCUT2D eigenvalue weighted by Crippen LogP contribution is -2.29. The largest absolute Gasteiger partial charge is 0.733 e. The van der Waals surface area contributed by atoms with Gasteiger partial charge in [-0.05, 0) is 36.6 Å². The fraction of sp³-hybridized carbons (Fsp3) is 0.250. The van der Waals surface area contributed by atoms with Crippen LogP contribution in [0.25, 0.3) is 0 Å². The summed E-state index contributed by atoms with van der Waals surface area (Å²) in [6.07, 6.45) is 3.84. The standard InChI is InChI=1S/C16H16N3O5S/c1-2-3-4-11-5-7-12(8-6-11)18-16(20)14-9-13(19(21)22)10-17-15(14)25(18,23)24/h5-10,21H,2-4H2,1H3/q-1. The fourth-order valence-corrected chi connectivity index (χ4v) is 4.14. The Hall–Kier alpha value is -2.49. The van der Waals surface area contributed by atoms with E-state index in [0.717, 1.165) is 37.1 Å². The van der Waals surface area contributed by atoms with Gasteiger partial charge in [0, 0.05) is 0 Å². The van der Waals surface area contributed by atoms with E-state index in [1.165, 1.54) is 0 Å². The highest BCUT2D eigenvalue weighted by Crippen LogP contribution is 2.34. The maximum absolute atomic E-state index is 12.6. The zero-order valence-electron chi connectivity index (χ0n) is 13.4. The molecule has 1 amide bonds. The zero-order valence-corrected chi connectivity index (χ0v) is 14.2. The topological polar surface area (TPSA) is 114 Å². The Morgan fingerprint density at radius 3 is 2.56 bits per heavy atom. The molecule has 9 heteroatoms. The predicted octanol–water partition coefficient (Wildman–Crippen LogP) is 2.47. The highest BCUT2D eigenvalue weighted by molar-refractivity contribution is 7.94. The van der Waals surface area contributed by atoms with E-state index in [4.69, 9.17) is 5.21 Å². The molecular formula is C16H16N3O5S-. The lowest BCUT2D eigenvalue weighted by atomic mass is 10.1. The van der Waals surface area contributed by atoms with Crippen molar-refractivity contribution in [2.75, 3.05) is 9.53 Å². The molecule has 2 aromatic rings. The number of carbonyl (C=O) groups excluding carboxylic acids is 1. The van der Waals surface area contributed by atoms with Gasteiger partial charge in [-0.2, -0.15) is 12.7 Å². The minimum absolute atomic E-state index is 0.202. The first-order chi connectivity index (χ1) is 11.9. The van der Waals surface area contributed by atoms with Gasteiger partial charge < -0.3 is 10.4 Å². The average Bonchev–Trinajstić information content (AvgIpc) is 2.79. The maximum Gasteiger partial charge on any atom is 0.289 e. The summed E-state index contributed by atoms with van der Waals surface area (Å²) in [5.74, 6) is -0.812. The fourth-order valence-electron chi connectivity index (χ4n) is 2.64. The van der Waals surface area contributed by atoms with E-state index in [1.54, 1.807) is 24.3 Å². The van der Waals surface area contributed by atoms with Crippen molar-refractivity contribution in [2.24, 2.45) is 0 Å². The molecule has 25 heavy (non-hydrogen) atoms. The molecule has 1 aromatic carbocycles. The first-order valence-corrected chi connectivity index (χ1v) is 9.15. The Labute approximate surface area is 144 Å². The van der Waals surface area contributed by atoms with E-state index in [2.05, 4.69) is 11.9 Å². The van der Waals surface area contributed by atoms with Gasteiger partial charge in [-0.1, -0.05) is 25.5 Å². The Bertz CT molecular complexity index is 910. The van der Waals surface area contributed by atoms with Crippen LogP contribution in [0, 0.1) is 5.21 Å². The van der Waals surface area contributed by atoms with Gasteiger partial charge in [0.1, 0.15) is 0 Å². The molecule has 0 saturated heterocycles. The summed E-state index contributed by atoms with van der Waals surface area (Å²) in [7, 11) is -4.15. The van der Waals surface area contributed by atoms with E-state index in [1.807, 2.05) is 0 Å². The van der Waals surface area contributed by atoms with E-state index in [0.29, 0.717) is 4.31 Å². The molecule has 0 saturated carbocycles. The number of rotatable bonds is 5. The zero-order chi connectivity index (χ0) is 18.2. The Morgan fingerprint density at radius 2 is 1.96 bits per heavy atom. The number of anilines is 2. The van der Waals surface area contributed by atoms with Crippen molar-refractivity contribution in [3.8, 4) is 0 Å². The van der Waals surface area contributed by atoms with Crippen molar-refractivity contribution in [1.82, 2.24) is 4.98 Å². The van der Waals surface area contributed by atoms with Gasteiger partial charge in [-0.25, -0.2) is 4.98 Å². The molecule has 0 atom stereocenters. The van der Waals surface area contributed by atoms with Crippen molar-refractivity contribution in [2.45, 2.75) is 31.2 Å². The molecule has 1 N–H and O–H groups in total. The van der Waals surface area contributed by atoms with Crippen molar-refractivity contribution in [1.29, 1.82) is 0 Å². The quantitative estimate of drug-likeness (QED) is 0.813. The first kappa shape index (κ1) is 17.3. The summed E-state index contributed by atoms with van der Waals surface area (Å²) in [4.78, 5) is 16.2. The van der Waals surface area contributed by atoms with Crippen molar-refractivity contribution in [3.05, 3.63) is 52.9 Å². The number of nitrogens with zero attached hydrogens (tertiary/aromatic N) is 3. The van der Waals surface area contributed by atoms with E-state index in [9.17, 15) is 18.4 Å². The Balaban J connectivity index is 1.99. The number of amides is 1. The van der Waals surface area contributed by atoms with Crippen molar-refractivity contribution >= 4 is 27.3 Å². The van der Waals surface area contributed by atoms with Crippen LogP contribution in [0.4, 0.5) is 11.4 Å². The minimum atomic E-state index is -4.15. The molecule has 1 aromatic heterocycles. The first-order valence-electron chi connectivity index (χ1n) is 7.71. The van der Waals surface area contributed by atoms with Crippen LogP contribution in [-0.4, -0.2) is 24.5 Å². The molecule has 3 rings (SSSR count). The number of fused-ring (bicyclic) bond motifs is 1. The maximum atomic E-state index is 12.6. The van der Waals surface area contributed by atoms with Crippen LogP contribution in [0.2, 0.25) is 0 Å². The normalized spacial score (nSPS) is 15.3. The molecule has 0 fully saturated rings. The molecule has 2 heterocycles. The third kappa shape index (κ3) is 2.97. The van der Waals surface area contributed by atoms with Crippen LogP contribution in [0.1, 0.15) is 35.7 Å². The van der Waals surface area contributed by atoms with Crippen LogP contribution < -0.4 is 9.53 Å². The summed E-state index contributed by atoms with van der Waals surface area (Å²) >= 11 is 0. The molecule has 0 aliphatic carbocycles. The van der Waals surface area contributed by atoms with E-state index < -0.39 is 26.2 Å². The molecule has 0 bridgehead atoms. The highest BCUT2D eigenvalue weighted by Gasteiger charge is 2.43. The third-order valence-corrected chi connectivity index (χ3v) is 5.62. The number of aromatic nitrogens is 1. The third-order valence-electron chi connectivity index (χ3n) is 3.95. The molecule has 8 nitrogen and oxygen atoms in total. The summed E-state index contributed by atoms with van der Waals surface area (Å²) in [6, 6.07) is 7.70. The Morgan fingerprint density at radius 1 is 1.28 bits per heavy atom. The number of unbranched alkanes of at least 4 members (excludes halogenated alkanes) is 1. The van der Waals surface area contributed by atoms with E-state index >= 15 is 0 Å². The number of sulfonamides is 1. The monoisotopic (exact) mass is 362 g/mol. The number of hydrogen-bond donors (Lipinski definition) is 1. The number of aryl methyl sites for hydroxylation is 1. The molecule has 1 aliphatic rings. The summed E-state index contributed by atoms with van der Waals surface area (Å²) in [5, 5.41) is 19.0. The second-order valence-electron chi connectivity index (χ2n) is 5.66. The van der Waals surface area contributed by atoms with Gasteiger partial charge in [-0.15, -0.1) is 0 Å². The number of hydrogen-bond acceptors (Lipinski definition) is 7.